The average Bonchev–Trinajstić information content (AvgIpc) is 3.15. The molecule has 1 aliphatic carbocycles. The number of carbonyl (C=O) groups excluding carboxylic acids is 1. The molecule has 1 fully saturated rings. The molecule has 2 atom stereocenters. The van der Waals surface area contributed by atoms with E-state index in [4.69, 9.17) is 4.74 Å². The summed E-state index contributed by atoms with van der Waals surface area (Å²) in [5, 5.41) is 16.6. The van der Waals surface area contributed by atoms with Gasteiger partial charge in [-0.3, -0.25) is 4.79 Å². The van der Waals surface area contributed by atoms with E-state index >= 15 is 0 Å². The number of hydrogen-bond acceptors (Lipinski definition) is 5. The Morgan fingerprint density at radius 3 is 2.73 bits per heavy atom. The molecule has 1 aliphatic rings. The minimum atomic E-state index is -1.40. The lowest BCUT2D eigenvalue weighted by Gasteiger charge is -2.58. The fourth-order valence-electron chi connectivity index (χ4n) is 3.38. The van der Waals surface area contributed by atoms with Gasteiger partial charge in [-0.05, 0) is 25.1 Å². The highest BCUT2D eigenvalue weighted by Crippen LogP contribution is 2.51. The Kier molecular flexibility index (Phi) is 4.53. The summed E-state index contributed by atoms with van der Waals surface area (Å²) in [5.41, 5.74) is -2.01. The minimum Gasteiger partial charge on any atom is -0.479 e. The van der Waals surface area contributed by atoms with Gasteiger partial charge in [-0.15, -0.1) is 0 Å². The molecule has 2 aromatic rings. The monoisotopic (exact) mass is 358 g/mol. The predicted octanol–water partition coefficient (Wildman–Crippen LogP) is 1.66. The summed E-state index contributed by atoms with van der Waals surface area (Å²) < 4.78 is 7.14. The van der Waals surface area contributed by atoms with E-state index in [0.29, 0.717) is 12.4 Å². The van der Waals surface area contributed by atoms with Gasteiger partial charge >= 0.3 is 5.97 Å². The van der Waals surface area contributed by atoms with Crippen LogP contribution in [0.25, 0.3) is 5.82 Å². The zero-order valence-electron chi connectivity index (χ0n) is 15.0. The number of hydrogen-bond donors (Lipinski definition) is 2. The molecule has 0 radical (unpaired) electrons. The maximum atomic E-state index is 12.7. The molecular weight excluding hydrogens is 336 g/mol. The van der Waals surface area contributed by atoms with Crippen LogP contribution in [0, 0.1) is 5.41 Å². The van der Waals surface area contributed by atoms with Crippen LogP contribution in [-0.2, 0) is 9.53 Å². The summed E-state index contributed by atoms with van der Waals surface area (Å²) in [6.07, 6.45) is 3.31. The van der Waals surface area contributed by atoms with E-state index in [1.165, 1.54) is 4.68 Å². The van der Waals surface area contributed by atoms with Crippen molar-refractivity contribution in [2.24, 2.45) is 5.41 Å². The Bertz CT molecular complexity index is 818. The van der Waals surface area contributed by atoms with E-state index in [1.807, 2.05) is 6.92 Å². The van der Waals surface area contributed by atoms with E-state index in [1.54, 1.807) is 50.5 Å². The molecule has 0 aliphatic heterocycles. The van der Waals surface area contributed by atoms with Crippen molar-refractivity contribution in [3.63, 3.8) is 0 Å². The summed E-state index contributed by atoms with van der Waals surface area (Å²) in [5.74, 6) is -1.13. The van der Waals surface area contributed by atoms with E-state index < -0.39 is 22.8 Å². The van der Waals surface area contributed by atoms with Crippen LogP contribution in [0.2, 0.25) is 0 Å². The summed E-state index contributed by atoms with van der Waals surface area (Å²) in [6, 6.07) is 6.69. The third kappa shape index (κ3) is 2.76. The van der Waals surface area contributed by atoms with Gasteiger partial charge < -0.3 is 15.2 Å². The van der Waals surface area contributed by atoms with Crippen LogP contribution in [0.1, 0.15) is 37.7 Å². The van der Waals surface area contributed by atoms with Crippen LogP contribution in [0.15, 0.2) is 36.7 Å². The molecule has 2 heterocycles. The average molecular weight is 358 g/mol. The lowest BCUT2D eigenvalue weighted by molar-refractivity contribution is -0.190. The van der Waals surface area contributed by atoms with Gasteiger partial charge in [0.2, 0.25) is 0 Å². The molecule has 138 valence electrons. The van der Waals surface area contributed by atoms with Gasteiger partial charge in [-0.25, -0.2) is 14.5 Å². The topological polar surface area (TPSA) is 106 Å². The number of ether oxygens (including phenoxy) is 1. The number of carbonyl (C=O) groups is 2. The lowest BCUT2D eigenvalue weighted by Crippen LogP contribution is -2.76. The van der Waals surface area contributed by atoms with Crippen molar-refractivity contribution < 1.29 is 19.4 Å². The molecular formula is C18H22N4O4. The van der Waals surface area contributed by atoms with E-state index in [0.717, 1.165) is 0 Å². The van der Waals surface area contributed by atoms with E-state index in [9.17, 15) is 14.7 Å². The first-order valence-electron chi connectivity index (χ1n) is 8.46. The normalized spacial score (nSPS) is 23.9. The van der Waals surface area contributed by atoms with Crippen molar-refractivity contribution in [2.75, 3.05) is 6.61 Å². The van der Waals surface area contributed by atoms with E-state index in [2.05, 4.69) is 15.4 Å². The molecule has 1 amide bonds. The summed E-state index contributed by atoms with van der Waals surface area (Å²) in [7, 11) is 0. The summed E-state index contributed by atoms with van der Waals surface area (Å²) in [6.45, 7) is 5.93. The molecule has 2 unspecified atom stereocenters. The van der Waals surface area contributed by atoms with Gasteiger partial charge in [-0.1, -0.05) is 19.9 Å². The molecule has 26 heavy (non-hydrogen) atoms. The molecule has 0 spiro atoms. The third-order valence-electron chi connectivity index (χ3n) is 5.16. The van der Waals surface area contributed by atoms with Crippen molar-refractivity contribution in [3.05, 3.63) is 42.4 Å². The minimum absolute atomic E-state index is 0.134. The molecule has 2 N–H and O–H groups in total. The molecule has 3 rings (SSSR count). The highest BCUT2D eigenvalue weighted by atomic mass is 16.5. The second kappa shape index (κ2) is 6.53. The Labute approximate surface area is 151 Å². The summed E-state index contributed by atoms with van der Waals surface area (Å²) in [4.78, 5) is 29.0. The van der Waals surface area contributed by atoms with Crippen LogP contribution in [-0.4, -0.2) is 50.0 Å². The second-order valence-electron chi connectivity index (χ2n) is 6.87. The number of aliphatic carboxylic acids is 1. The van der Waals surface area contributed by atoms with Crippen molar-refractivity contribution in [1.82, 2.24) is 20.1 Å². The maximum absolute atomic E-state index is 12.7. The number of nitrogens with one attached hydrogen (secondary N) is 1. The Morgan fingerprint density at radius 2 is 2.15 bits per heavy atom. The SMILES string of the molecule is CCOC1CC(NC(=O)c2cccc(-n3cccn3)n2)(C(=O)O)C1(C)C. The second-order valence-corrected chi connectivity index (χ2v) is 6.87. The zero-order chi connectivity index (χ0) is 18.9. The first kappa shape index (κ1) is 18.1. The first-order valence-corrected chi connectivity index (χ1v) is 8.46. The Hall–Kier alpha value is -2.74. The quantitative estimate of drug-likeness (QED) is 0.813. The number of nitrogens with zero attached hydrogens (tertiary/aromatic N) is 3. The first-order chi connectivity index (χ1) is 12.3. The fraction of sp³-hybridized carbons (Fsp3) is 0.444. The van der Waals surface area contributed by atoms with Gasteiger partial charge in [0, 0.05) is 30.8 Å². The summed E-state index contributed by atoms with van der Waals surface area (Å²) >= 11 is 0. The number of amides is 1. The molecule has 0 aromatic carbocycles. The van der Waals surface area contributed by atoms with Crippen LogP contribution in [0.3, 0.4) is 0 Å². The van der Waals surface area contributed by atoms with Crippen LogP contribution in [0.5, 0.6) is 0 Å². The number of rotatable bonds is 6. The fourth-order valence-corrected chi connectivity index (χ4v) is 3.38. The number of carboxylic acids is 1. The number of pyridine rings is 1. The van der Waals surface area contributed by atoms with Crippen molar-refractivity contribution in [1.29, 1.82) is 0 Å². The zero-order valence-corrected chi connectivity index (χ0v) is 15.0. The highest BCUT2D eigenvalue weighted by Gasteiger charge is 2.66. The van der Waals surface area contributed by atoms with Gasteiger partial charge in [0.25, 0.3) is 5.91 Å². The lowest BCUT2D eigenvalue weighted by atomic mass is 9.54. The Balaban J connectivity index is 1.84. The smallest absolute Gasteiger partial charge is 0.330 e. The molecule has 8 heteroatoms. The van der Waals surface area contributed by atoms with Gasteiger partial charge in [0.05, 0.1) is 6.10 Å². The molecule has 0 bridgehead atoms. The van der Waals surface area contributed by atoms with Crippen molar-refractivity contribution in [3.8, 4) is 5.82 Å². The van der Waals surface area contributed by atoms with Crippen molar-refractivity contribution >= 4 is 11.9 Å². The van der Waals surface area contributed by atoms with Gasteiger partial charge in [0.15, 0.2) is 5.82 Å². The molecule has 0 saturated heterocycles. The van der Waals surface area contributed by atoms with Crippen LogP contribution >= 0.6 is 0 Å². The van der Waals surface area contributed by atoms with Gasteiger partial charge in [0.1, 0.15) is 11.2 Å². The highest BCUT2D eigenvalue weighted by molar-refractivity contribution is 5.97. The molecule has 1 saturated carbocycles. The molecule has 8 nitrogen and oxygen atoms in total. The van der Waals surface area contributed by atoms with Crippen LogP contribution < -0.4 is 5.32 Å². The van der Waals surface area contributed by atoms with E-state index in [-0.39, 0.29) is 18.2 Å². The van der Waals surface area contributed by atoms with Crippen molar-refractivity contribution in [2.45, 2.75) is 38.8 Å². The largest absolute Gasteiger partial charge is 0.479 e. The van der Waals surface area contributed by atoms with Gasteiger partial charge in [-0.2, -0.15) is 5.10 Å². The predicted molar refractivity (Wildman–Crippen MR) is 93.0 cm³/mol. The Morgan fingerprint density at radius 1 is 1.38 bits per heavy atom. The number of carboxylic acid groups (broad SMARTS) is 1. The standard InChI is InChI=1S/C18H22N4O4/c1-4-26-13-11-18(16(24)25,17(13,2)3)21-15(23)12-7-5-8-14(20-12)22-10-6-9-19-22/h5-10,13H,4,11H2,1-3H3,(H,21,23)(H,24,25). The maximum Gasteiger partial charge on any atom is 0.330 e. The third-order valence-corrected chi connectivity index (χ3v) is 5.16. The number of aromatic nitrogens is 3. The molecule has 2 aromatic heterocycles. The van der Waals surface area contributed by atoms with Crippen LogP contribution in [0.4, 0.5) is 0 Å².